The van der Waals surface area contributed by atoms with Gasteiger partial charge in [0.05, 0.1) is 20.1 Å². The van der Waals surface area contributed by atoms with Gasteiger partial charge < -0.3 is 19.3 Å². The molecule has 0 saturated carbocycles. The van der Waals surface area contributed by atoms with E-state index >= 15 is 0 Å². The number of ether oxygens (including phenoxy) is 3. The largest absolute Gasteiger partial charge is 0.497 e. The van der Waals surface area contributed by atoms with Crippen molar-refractivity contribution < 1.29 is 24.1 Å². The zero-order valence-electron chi connectivity index (χ0n) is 16.1. The molecule has 1 heterocycles. The summed E-state index contributed by atoms with van der Waals surface area (Å²) in [6, 6.07) is 21.8. The van der Waals surface area contributed by atoms with Gasteiger partial charge in [-0.2, -0.15) is 0 Å². The van der Waals surface area contributed by atoms with Crippen molar-refractivity contribution in [2.45, 2.75) is 18.9 Å². The van der Waals surface area contributed by atoms with Crippen molar-refractivity contribution in [3.8, 4) is 28.4 Å². The van der Waals surface area contributed by atoms with Crippen molar-refractivity contribution in [1.29, 1.82) is 0 Å². The fraction of sp³-hybridized carbons (Fsp3) is 0.208. The van der Waals surface area contributed by atoms with Crippen LogP contribution < -0.4 is 14.2 Å². The lowest BCUT2D eigenvalue weighted by Gasteiger charge is -2.10. The van der Waals surface area contributed by atoms with Gasteiger partial charge in [0.1, 0.15) is 23.9 Å². The molecule has 0 radical (unpaired) electrons. The molecular formula is C24H22O5. The molecule has 0 amide bonds. The second-order valence-corrected chi connectivity index (χ2v) is 7.02. The molecule has 5 heteroatoms. The lowest BCUT2D eigenvalue weighted by molar-refractivity contribution is -0.137. The van der Waals surface area contributed by atoms with Crippen LogP contribution in [-0.2, 0) is 11.4 Å². The summed E-state index contributed by atoms with van der Waals surface area (Å²) in [7, 11) is 1.66. The van der Waals surface area contributed by atoms with Crippen molar-refractivity contribution in [3.63, 3.8) is 0 Å². The predicted octanol–water partition coefficient (Wildman–Crippen LogP) is 4.89. The van der Waals surface area contributed by atoms with Crippen molar-refractivity contribution in [2.75, 3.05) is 13.7 Å². The van der Waals surface area contributed by atoms with Crippen molar-refractivity contribution in [1.82, 2.24) is 0 Å². The number of carbonyl (C=O) groups is 1. The van der Waals surface area contributed by atoms with Gasteiger partial charge in [0, 0.05) is 17.5 Å². The van der Waals surface area contributed by atoms with Crippen LogP contribution in [0, 0.1) is 0 Å². The fourth-order valence-corrected chi connectivity index (χ4v) is 3.52. The maximum atomic E-state index is 11.0. The summed E-state index contributed by atoms with van der Waals surface area (Å²) in [5.41, 5.74) is 4.22. The molecular weight excluding hydrogens is 368 g/mol. The molecule has 3 aromatic rings. The number of benzene rings is 3. The molecule has 29 heavy (non-hydrogen) atoms. The third-order valence-electron chi connectivity index (χ3n) is 5.04. The Labute approximate surface area is 169 Å². The van der Waals surface area contributed by atoms with Gasteiger partial charge in [-0.25, -0.2) is 0 Å². The Morgan fingerprint density at radius 2 is 1.83 bits per heavy atom. The van der Waals surface area contributed by atoms with E-state index in [-0.39, 0.29) is 12.3 Å². The standard InChI is InChI=1S/C24H22O5/c1-27-20-7-5-17(6-8-20)18-4-2-3-16(11-18)14-28-21-9-10-22-19(12-24(25)26)15-29-23(22)13-21/h2-11,13,19H,12,14-15H2,1H3,(H,25,26). The minimum Gasteiger partial charge on any atom is -0.497 e. The highest BCUT2D eigenvalue weighted by Gasteiger charge is 2.26. The molecule has 5 nitrogen and oxygen atoms in total. The van der Waals surface area contributed by atoms with Gasteiger partial charge in [-0.15, -0.1) is 0 Å². The smallest absolute Gasteiger partial charge is 0.304 e. The Kier molecular flexibility index (Phi) is 5.38. The molecule has 0 aromatic heterocycles. The van der Waals surface area contributed by atoms with Gasteiger partial charge in [0.2, 0.25) is 0 Å². The summed E-state index contributed by atoms with van der Waals surface area (Å²) < 4.78 is 16.8. The number of hydrogen-bond acceptors (Lipinski definition) is 4. The predicted molar refractivity (Wildman–Crippen MR) is 110 cm³/mol. The first kappa shape index (κ1) is 18.9. The van der Waals surface area contributed by atoms with E-state index in [0.717, 1.165) is 28.0 Å². The van der Waals surface area contributed by atoms with E-state index in [4.69, 9.17) is 19.3 Å². The molecule has 3 aromatic carbocycles. The van der Waals surface area contributed by atoms with Crippen LogP contribution >= 0.6 is 0 Å². The van der Waals surface area contributed by atoms with Crippen LogP contribution in [0.3, 0.4) is 0 Å². The topological polar surface area (TPSA) is 65.0 Å². The van der Waals surface area contributed by atoms with Gasteiger partial charge in [0.25, 0.3) is 0 Å². The summed E-state index contributed by atoms with van der Waals surface area (Å²) >= 11 is 0. The van der Waals surface area contributed by atoms with Gasteiger partial charge in [-0.05, 0) is 41.0 Å². The number of aliphatic carboxylic acids is 1. The van der Waals surface area contributed by atoms with Gasteiger partial charge in [0.15, 0.2) is 0 Å². The lowest BCUT2D eigenvalue weighted by Crippen LogP contribution is -2.07. The monoisotopic (exact) mass is 390 g/mol. The van der Waals surface area contributed by atoms with E-state index in [2.05, 4.69) is 12.1 Å². The Hall–Kier alpha value is -3.47. The summed E-state index contributed by atoms with van der Waals surface area (Å²) in [6.45, 7) is 0.830. The molecule has 1 unspecified atom stereocenters. The highest BCUT2D eigenvalue weighted by molar-refractivity contribution is 5.69. The molecule has 1 N–H and O–H groups in total. The van der Waals surface area contributed by atoms with E-state index in [0.29, 0.717) is 24.7 Å². The Bertz CT molecular complexity index is 1010. The van der Waals surface area contributed by atoms with E-state index < -0.39 is 5.97 Å². The minimum atomic E-state index is -0.816. The molecule has 0 spiro atoms. The molecule has 0 fully saturated rings. The van der Waals surface area contributed by atoms with Crippen LogP contribution in [0.4, 0.5) is 0 Å². The highest BCUT2D eigenvalue weighted by atomic mass is 16.5. The van der Waals surface area contributed by atoms with Crippen LogP contribution in [0.15, 0.2) is 66.7 Å². The maximum Gasteiger partial charge on any atom is 0.304 e. The fourth-order valence-electron chi connectivity index (χ4n) is 3.52. The van der Waals surface area contributed by atoms with E-state index in [9.17, 15) is 4.79 Å². The molecule has 1 aliphatic heterocycles. The summed E-state index contributed by atoms with van der Waals surface area (Å²) in [5.74, 6) is 1.33. The molecule has 1 atom stereocenters. The Morgan fingerprint density at radius 1 is 1.03 bits per heavy atom. The van der Waals surface area contributed by atoms with Gasteiger partial charge >= 0.3 is 5.97 Å². The zero-order chi connectivity index (χ0) is 20.2. The van der Waals surface area contributed by atoms with Crippen LogP contribution in [0.1, 0.15) is 23.5 Å². The first-order valence-corrected chi connectivity index (χ1v) is 9.47. The molecule has 0 saturated heterocycles. The number of rotatable bonds is 7. The van der Waals surface area contributed by atoms with Crippen LogP contribution in [-0.4, -0.2) is 24.8 Å². The average Bonchev–Trinajstić information content (AvgIpc) is 3.14. The quantitative estimate of drug-likeness (QED) is 0.622. The van der Waals surface area contributed by atoms with Crippen molar-refractivity contribution in [2.24, 2.45) is 0 Å². The first-order valence-electron chi connectivity index (χ1n) is 9.47. The molecule has 0 aliphatic carbocycles. The summed E-state index contributed by atoms with van der Waals surface area (Å²) in [6.07, 6.45) is 0.0748. The average molecular weight is 390 g/mol. The third kappa shape index (κ3) is 4.35. The van der Waals surface area contributed by atoms with Crippen LogP contribution in [0.5, 0.6) is 17.2 Å². The molecule has 0 bridgehead atoms. The second-order valence-electron chi connectivity index (χ2n) is 7.02. The SMILES string of the molecule is COc1ccc(-c2cccc(COc3ccc4c(c3)OCC4CC(=O)O)c2)cc1. The summed E-state index contributed by atoms with van der Waals surface area (Å²) in [4.78, 5) is 11.0. The maximum absolute atomic E-state index is 11.0. The minimum absolute atomic E-state index is 0.0748. The van der Waals surface area contributed by atoms with E-state index in [1.807, 2.05) is 54.6 Å². The number of hydrogen-bond donors (Lipinski definition) is 1. The van der Waals surface area contributed by atoms with E-state index in [1.165, 1.54) is 0 Å². The normalized spacial score (nSPS) is 14.7. The van der Waals surface area contributed by atoms with Gasteiger partial charge in [-0.3, -0.25) is 4.79 Å². The number of carboxylic acid groups (broad SMARTS) is 1. The Balaban J connectivity index is 1.44. The number of fused-ring (bicyclic) bond motifs is 1. The summed E-state index contributed by atoms with van der Waals surface area (Å²) in [5, 5.41) is 9.01. The van der Waals surface area contributed by atoms with Crippen LogP contribution in [0.25, 0.3) is 11.1 Å². The van der Waals surface area contributed by atoms with Crippen molar-refractivity contribution in [3.05, 3.63) is 77.9 Å². The lowest BCUT2D eigenvalue weighted by atomic mass is 9.98. The molecule has 4 rings (SSSR count). The van der Waals surface area contributed by atoms with Crippen molar-refractivity contribution >= 4 is 5.97 Å². The molecule has 148 valence electrons. The zero-order valence-corrected chi connectivity index (χ0v) is 16.1. The second kappa shape index (κ2) is 8.27. The highest BCUT2D eigenvalue weighted by Crippen LogP contribution is 2.38. The number of carboxylic acids is 1. The van der Waals surface area contributed by atoms with E-state index in [1.54, 1.807) is 7.11 Å². The number of methoxy groups -OCH3 is 1. The van der Waals surface area contributed by atoms with Crippen LogP contribution in [0.2, 0.25) is 0 Å². The van der Waals surface area contributed by atoms with Gasteiger partial charge in [-0.1, -0.05) is 36.4 Å². The third-order valence-corrected chi connectivity index (χ3v) is 5.04. The molecule has 1 aliphatic rings. The first-order chi connectivity index (χ1) is 14.1. The Morgan fingerprint density at radius 3 is 2.59 bits per heavy atom.